The molecule has 0 saturated heterocycles. The molecule has 1 aromatic rings. The van der Waals surface area contributed by atoms with Crippen molar-refractivity contribution in [3.63, 3.8) is 0 Å². The fourth-order valence-corrected chi connectivity index (χ4v) is 2.50. The first kappa shape index (κ1) is 14.2. The van der Waals surface area contributed by atoms with Crippen molar-refractivity contribution in [2.45, 2.75) is 39.3 Å². The number of Topliss-reactive ketones (excluding diaryl/α,β-unsaturated/α-hetero) is 2. The summed E-state index contributed by atoms with van der Waals surface area (Å²) >= 11 is 0. The Kier molecular flexibility index (Phi) is 3.38. The Balaban J connectivity index is 2.63. The van der Waals surface area contributed by atoms with Gasteiger partial charge in [-0.05, 0) is 39.8 Å². The van der Waals surface area contributed by atoms with Gasteiger partial charge in [0, 0.05) is 0 Å². The van der Waals surface area contributed by atoms with E-state index in [2.05, 4.69) is 5.32 Å². The summed E-state index contributed by atoms with van der Waals surface area (Å²) < 4.78 is 0. The van der Waals surface area contributed by atoms with Crippen LogP contribution in [-0.2, 0) is 14.4 Å². The predicted octanol–water partition coefficient (Wildman–Crippen LogP) is 1.77. The molecule has 0 saturated carbocycles. The largest absolute Gasteiger partial charge is 0.370 e. The number of anilines is 2. The molecule has 5 heteroatoms. The highest BCUT2D eigenvalue weighted by molar-refractivity contribution is 6.18. The minimum absolute atomic E-state index is 0.286. The molecular formula is C15H18N2O3. The van der Waals surface area contributed by atoms with Crippen LogP contribution in [0.2, 0.25) is 0 Å². The number of rotatable bonds is 3. The molecule has 0 atom stereocenters. The standard InChI is InChI=1S/C15H18N2O3/c1-9(18)13(10(2)19)17-12-8-6-5-7-11(12)16-15(3,4)14(17)20/h5-8,13,16H,1-4H3. The average Bonchev–Trinajstić information content (AvgIpc) is 2.33. The second kappa shape index (κ2) is 4.74. The molecule has 1 aliphatic rings. The number of hydrogen-bond donors (Lipinski definition) is 1. The maximum atomic E-state index is 12.6. The molecule has 0 aliphatic carbocycles. The van der Waals surface area contributed by atoms with Gasteiger partial charge in [0.15, 0.2) is 17.6 Å². The van der Waals surface area contributed by atoms with Crippen molar-refractivity contribution in [2.75, 3.05) is 10.2 Å². The molecular weight excluding hydrogens is 256 g/mol. The van der Waals surface area contributed by atoms with E-state index < -0.39 is 11.6 Å². The van der Waals surface area contributed by atoms with Crippen molar-refractivity contribution < 1.29 is 14.4 Å². The molecule has 20 heavy (non-hydrogen) atoms. The Bertz CT molecular complexity index is 579. The summed E-state index contributed by atoms with van der Waals surface area (Å²) in [5.74, 6) is -0.955. The molecule has 0 spiro atoms. The number of ketones is 2. The predicted molar refractivity (Wildman–Crippen MR) is 76.8 cm³/mol. The van der Waals surface area contributed by atoms with Crippen LogP contribution in [0.1, 0.15) is 27.7 Å². The van der Waals surface area contributed by atoms with Gasteiger partial charge in [-0.2, -0.15) is 0 Å². The second-order valence-electron chi connectivity index (χ2n) is 5.57. The number of carbonyl (C=O) groups excluding carboxylic acids is 3. The van der Waals surface area contributed by atoms with E-state index in [0.717, 1.165) is 5.69 Å². The molecule has 1 aliphatic heterocycles. The van der Waals surface area contributed by atoms with Gasteiger partial charge in [-0.1, -0.05) is 12.1 Å². The summed E-state index contributed by atoms with van der Waals surface area (Å²) in [6, 6.07) is 6.11. The lowest BCUT2D eigenvalue weighted by molar-refractivity contribution is -0.131. The highest BCUT2D eigenvalue weighted by Crippen LogP contribution is 2.36. The summed E-state index contributed by atoms with van der Waals surface area (Å²) in [5.41, 5.74) is 0.439. The Labute approximate surface area is 118 Å². The maximum absolute atomic E-state index is 12.6. The van der Waals surface area contributed by atoms with E-state index in [1.54, 1.807) is 26.0 Å². The lowest BCUT2D eigenvalue weighted by Gasteiger charge is -2.42. The average molecular weight is 274 g/mol. The smallest absolute Gasteiger partial charge is 0.253 e. The number of fused-ring (bicyclic) bond motifs is 1. The Morgan fingerprint density at radius 1 is 1.15 bits per heavy atom. The summed E-state index contributed by atoms with van der Waals surface area (Å²) in [4.78, 5) is 37.6. The van der Waals surface area contributed by atoms with Gasteiger partial charge in [-0.3, -0.25) is 19.3 Å². The number of hydrogen-bond acceptors (Lipinski definition) is 4. The van der Waals surface area contributed by atoms with Crippen molar-refractivity contribution in [2.24, 2.45) is 0 Å². The molecule has 5 nitrogen and oxygen atoms in total. The zero-order chi connectivity index (χ0) is 15.1. The summed E-state index contributed by atoms with van der Waals surface area (Å²) in [7, 11) is 0. The van der Waals surface area contributed by atoms with E-state index in [9.17, 15) is 14.4 Å². The molecule has 0 unspecified atom stereocenters. The van der Waals surface area contributed by atoms with Crippen molar-refractivity contribution in [1.82, 2.24) is 0 Å². The van der Waals surface area contributed by atoms with Crippen LogP contribution in [-0.4, -0.2) is 29.1 Å². The summed E-state index contributed by atoms with van der Waals surface area (Å²) in [6.07, 6.45) is 0. The van der Waals surface area contributed by atoms with E-state index >= 15 is 0 Å². The van der Waals surface area contributed by atoms with Crippen LogP contribution >= 0.6 is 0 Å². The van der Waals surface area contributed by atoms with E-state index in [1.807, 2.05) is 12.1 Å². The third-order valence-corrected chi connectivity index (χ3v) is 3.39. The van der Waals surface area contributed by atoms with Crippen molar-refractivity contribution in [3.8, 4) is 0 Å². The van der Waals surface area contributed by atoms with Gasteiger partial charge in [0.2, 0.25) is 0 Å². The van der Waals surface area contributed by atoms with Gasteiger partial charge in [0.25, 0.3) is 5.91 Å². The molecule has 106 valence electrons. The number of benzene rings is 1. The molecule has 0 radical (unpaired) electrons. The van der Waals surface area contributed by atoms with Crippen LogP contribution in [0.4, 0.5) is 11.4 Å². The van der Waals surface area contributed by atoms with E-state index in [1.165, 1.54) is 18.7 Å². The van der Waals surface area contributed by atoms with Crippen LogP contribution in [0.3, 0.4) is 0 Å². The van der Waals surface area contributed by atoms with Crippen LogP contribution < -0.4 is 10.2 Å². The van der Waals surface area contributed by atoms with Gasteiger partial charge in [-0.15, -0.1) is 0 Å². The molecule has 0 fully saturated rings. The van der Waals surface area contributed by atoms with Gasteiger partial charge < -0.3 is 5.32 Å². The Hall–Kier alpha value is -2.17. The lowest BCUT2D eigenvalue weighted by atomic mass is 9.94. The number of nitrogens with zero attached hydrogens (tertiary/aromatic N) is 1. The summed E-state index contributed by atoms with van der Waals surface area (Å²) in [5, 5.41) is 3.13. The van der Waals surface area contributed by atoms with Crippen molar-refractivity contribution in [3.05, 3.63) is 24.3 Å². The van der Waals surface area contributed by atoms with E-state index in [-0.39, 0.29) is 17.5 Å². The highest BCUT2D eigenvalue weighted by Gasteiger charge is 2.44. The zero-order valence-electron chi connectivity index (χ0n) is 12.1. The maximum Gasteiger partial charge on any atom is 0.253 e. The molecule has 0 bridgehead atoms. The first-order valence-electron chi connectivity index (χ1n) is 6.47. The Morgan fingerprint density at radius 3 is 2.25 bits per heavy atom. The van der Waals surface area contributed by atoms with Gasteiger partial charge in [0.1, 0.15) is 5.54 Å². The molecule has 1 heterocycles. The first-order valence-corrected chi connectivity index (χ1v) is 6.47. The van der Waals surface area contributed by atoms with Crippen molar-refractivity contribution >= 4 is 28.8 Å². The first-order chi connectivity index (χ1) is 9.25. The van der Waals surface area contributed by atoms with Gasteiger partial charge in [0.05, 0.1) is 11.4 Å². The molecule has 2 rings (SSSR count). The third-order valence-electron chi connectivity index (χ3n) is 3.39. The lowest BCUT2D eigenvalue weighted by Crippen LogP contribution is -2.60. The van der Waals surface area contributed by atoms with Crippen LogP contribution in [0.15, 0.2) is 24.3 Å². The minimum Gasteiger partial charge on any atom is -0.370 e. The quantitative estimate of drug-likeness (QED) is 0.853. The zero-order valence-corrected chi connectivity index (χ0v) is 12.1. The van der Waals surface area contributed by atoms with Gasteiger partial charge >= 0.3 is 0 Å². The topological polar surface area (TPSA) is 66.5 Å². The number of nitrogens with one attached hydrogen (secondary N) is 1. The molecule has 1 N–H and O–H groups in total. The Morgan fingerprint density at radius 2 is 1.70 bits per heavy atom. The van der Waals surface area contributed by atoms with E-state index in [0.29, 0.717) is 5.69 Å². The molecule has 0 aromatic heterocycles. The van der Waals surface area contributed by atoms with Crippen LogP contribution in [0, 0.1) is 0 Å². The van der Waals surface area contributed by atoms with Crippen LogP contribution in [0.5, 0.6) is 0 Å². The third kappa shape index (κ3) is 2.19. The number of para-hydroxylation sites is 2. The van der Waals surface area contributed by atoms with Crippen LogP contribution in [0.25, 0.3) is 0 Å². The molecule has 1 aromatic carbocycles. The van der Waals surface area contributed by atoms with E-state index in [4.69, 9.17) is 0 Å². The fraction of sp³-hybridized carbons (Fsp3) is 0.400. The van der Waals surface area contributed by atoms with Crippen molar-refractivity contribution in [1.29, 1.82) is 0 Å². The highest BCUT2D eigenvalue weighted by atomic mass is 16.2. The monoisotopic (exact) mass is 274 g/mol. The SMILES string of the molecule is CC(=O)C(C(C)=O)N1C(=O)C(C)(C)Nc2ccccc21. The fourth-order valence-electron chi connectivity index (χ4n) is 2.50. The minimum atomic E-state index is -1.06. The summed E-state index contributed by atoms with van der Waals surface area (Å²) in [6.45, 7) is 6.12. The molecule has 1 amide bonds. The number of carbonyl (C=O) groups is 3. The normalized spacial score (nSPS) is 16.6. The number of amides is 1. The van der Waals surface area contributed by atoms with Gasteiger partial charge in [-0.25, -0.2) is 0 Å². The second-order valence-corrected chi connectivity index (χ2v) is 5.57.